The van der Waals surface area contributed by atoms with Gasteiger partial charge >= 0.3 is 0 Å². The Morgan fingerprint density at radius 1 is 1.19 bits per heavy atom. The lowest BCUT2D eigenvalue weighted by atomic mass is 10.1. The van der Waals surface area contributed by atoms with Crippen LogP contribution in [0.25, 0.3) is 11.3 Å². The summed E-state index contributed by atoms with van der Waals surface area (Å²) >= 11 is 0. The third-order valence-electron chi connectivity index (χ3n) is 3.99. The van der Waals surface area contributed by atoms with Crippen LogP contribution in [0, 0.1) is 5.82 Å². The summed E-state index contributed by atoms with van der Waals surface area (Å²) in [7, 11) is 1.58. The smallest absolute Gasteiger partial charge is 0.253 e. The normalized spacial score (nSPS) is 10.4. The molecule has 0 unspecified atom stereocenters. The number of aromatic nitrogens is 2. The summed E-state index contributed by atoms with van der Waals surface area (Å²) in [6.07, 6.45) is 1.44. The monoisotopic (exact) mass is 367 g/mol. The topological polar surface area (TPSA) is 73.2 Å². The molecule has 0 atom stereocenters. The fourth-order valence-corrected chi connectivity index (χ4v) is 2.54. The Morgan fingerprint density at radius 3 is 2.63 bits per heavy atom. The fourth-order valence-electron chi connectivity index (χ4n) is 2.54. The second-order valence-electron chi connectivity index (χ2n) is 5.80. The zero-order valence-corrected chi connectivity index (χ0v) is 14.7. The summed E-state index contributed by atoms with van der Waals surface area (Å²) in [5.74, 6) is -0.149. The van der Waals surface area contributed by atoms with E-state index < -0.39 is 11.7 Å². The lowest BCUT2D eigenvalue weighted by Crippen LogP contribution is -2.30. The molecular weight excluding hydrogens is 349 g/mol. The van der Waals surface area contributed by atoms with Crippen molar-refractivity contribution < 1.29 is 13.9 Å². The number of hydrogen-bond donors (Lipinski definition) is 1. The van der Waals surface area contributed by atoms with Crippen LogP contribution in [0.2, 0.25) is 0 Å². The number of methoxy groups -OCH3 is 1. The molecule has 0 saturated heterocycles. The number of nitrogens with one attached hydrogen (secondary N) is 1. The van der Waals surface area contributed by atoms with Crippen molar-refractivity contribution in [3.8, 4) is 17.0 Å². The Morgan fingerprint density at radius 2 is 1.96 bits per heavy atom. The van der Waals surface area contributed by atoms with Crippen LogP contribution in [-0.4, -0.2) is 29.1 Å². The minimum atomic E-state index is -0.475. The Kier molecular flexibility index (Phi) is 5.61. The minimum absolute atomic E-state index is 0.221. The van der Waals surface area contributed by atoms with Gasteiger partial charge in [-0.2, -0.15) is 0 Å². The van der Waals surface area contributed by atoms with E-state index in [0.717, 1.165) is 17.4 Å². The van der Waals surface area contributed by atoms with Crippen molar-refractivity contribution in [2.45, 2.75) is 6.54 Å². The predicted octanol–water partition coefficient (Wildman–Crippen LogP) is 2.49. The van der Waals surface area contributed by atoms with Gasteiger partial charge in [0.1, 0.15) is 11.6 Å². The number of carbonyl (C=O) groups excluding carboxylic acids is 1. The summed E-state index contributed by atoms with van der Waals surface area (Å²) < 4.78 is 19.7. The van der Waals surface area contributed by atoms with E-state index >= 15 is 0 Å². The molecule has 27 heavy (non-hydrogen) atoms. The molecule has 0 aliphatic heterocycles. The maximum absolute atomic E-state index is 13.1. The van der Waals surface area contributed by atoms with Gasteiger partial charge in [0, 0.05) is 30.3 Å². The van der Waals surface area contributed by atoms with E-state index in [1.54, 1.807) is 19.2 Å². The maximum Gasteiger partial charge on any atom is 0.253 e. The molecule has 0 bridgehead atoms. The summed E-state index contributed by atoms with van der Waals surface area (Å²) in [5.41, 5.74) is 1.37. The first kappa shape index (κ1) is 18.3. The molecule has 3 aromatic rings. The number of hydrogen-bond acceptors (Lipinski definition) is 4. The highest BCUT2D eigenvalue weighted by Gasteiger charge is 2.07. The molecule has 0 aliphatic carbocycles. The Bertz CT molecular complexity index is 1000. The van der Waals surface area contributed by atoms with Crippen molar-refractivity contribution in [1.29, 1.82) is 0 Å². The lowest BCUT2D eigenvalue weighted by molar-refractivity contribution is 0.0951. The van der Waals surface area contributed by atoms with Gasteiger partial charge in [-0.25, -0.2) is 9.37 Å². The molecule has 0 spiro atoms. The van der Waals surface area contributed by atoms with Gasteiger partial charge in [0.05, 0.1) is 19.1 Å². The van der Waals surface area contributed by atoms with Crippen molar-refractivity contribution in [1.82, 2.24) is 14.9 Å². The quantitative estimate of drug-likeness (QED) is 0.727. The minimum Gasteiger partial charge on any atom is -0.497 e. The molecule has 2 aromatic carbocycles. The summed E-state index contributed by atoms with van der Waals surface area (Å²) in [5, 5.41) is 2.65. The first-order chi connectivity index (χ1) is 13.1. The number of carbonyl (C=O) groups is 1. The molecule has 1 heterocycles. The van der Waals surface area contributed by atoms with Gasteiger partial charge in [-0.15, -0.1) is 0 Å². The molecular formula is C20H18FN3O3. The average Bonchev–Trinajstić information content (AvgIpc) is 2.69. The zero-order valence-electron chi connectivity index (χ0n) is 14.7. The van der Waals surface area contributed by atoms with E-state index in [1.807, 2.05) is 12.1 Å². The summed E-state index contributed by atoms with van der Waals surface area (Å²) in [6, 6.07) is 14.1. The van der Waals surface area contributed by atoms with E-state index in [9.17, 15) is 14.0 Å². The molecule has 1 aromatic heterocycles. The molecule has 6 nitrogen and oxygen atoms in total. The van der Waals surface area contributed by atoms with Gasteiger partial charge in [0.15, 0.2) is 0 Å². The molecule has 3 rings (SSSR count). The van der Waals surface area contributed by atoms with Crippen molar-refractivity contribution in [2.24, 2.45) is 0 Å². The highest BCUT2D eigenvalue weighted by molar-refractivity contribution is 5.94. The highest BCUT2D eigenvalue weighted by Crippen LogP contribution is 2.19. The highest BCUT2D eigenvalue weighted by atomic mass is 19.1. The van der Waals surface area contributed by atoms with Crippen LogP contribution < -0.4 is 15.6 Å². The van der Waals surface area contributed by atoms with Gasteiger partial charge in [-0.1, -0.05) is 6.07 Å². The average molecular weight is 367 g/mol. The Labute approximate surface area is 155 Å². The third kappa shape index (κ3) is 4.58. The van der Waals surface area contributed by atoms with Gasteiger partial charge in [0.2, 0.25) is 0 Å². The third-order valence-corrected chi connectivity index (χ3v) is 3.99. The number of amides is 1. The van der Waals surface area contributed by atoms with Crippen LogP contribution in [-0.2, 0) is 6.54 Å². The molecule has 0 aliphatic rings. The first-order valence-corrected chi connectivity index (χ1v) is 8.31. The number of nitrogens with zero attached hydrogens (tertiary/aromatic N) is 2. The standard InChI is InChI=1S/C20H18FN3O3/c1-27-17-7-5-14(6-8-17)18-12-19(25)24(13-23-18)10-9-22-20(26)15-3-2-4-16(21)11-15/h2-8,11-13H,9-10H2,1H3,(H,22,26). The van der Waals surface area contributed by atoms with Gasteiger partial charge in [-0.05, 0) is 42.5 Å². The van der Waals surface area contributed by atoms with E-state index in [1.165, 1.54) is 35.2 Å². The SMILES string of the molecule is COc1ccc(-c2cc(=O)n(CCNC(=O)c3cccc(F)c3)cn2)cc1. The van der Waals surface area contributed by atoms with E-state index in [-0.39, 0.29) is 24.2 Å². The number of halogens is 1. The molecule has 7 heteroatoms. The summed E-state index contributed by atoms with van der Waals surface area (Å²) in [4.78, 5) is 28.5. The largest absolute Gasteiger partial charge is 0.497 e. The molecule has 1 amide bonds. The van der Waals surface area contributed by atoms with Crippen LogP contribution >= 0.6 is 0 Å². The van der Waals surface area contributed by atoms with Gasteiger partial charge < -0.3 is 10.1 Å². The Hall–Kier alpha value is -3.48. The lowest BCUT2D eigenvalue weighted by Gasteiger charge is -2.09. The van der Waals surface area contributed by atoms with Crippen LogP contribution in [0.15, 0.2) is 65.7 Å². The first-order valence-electron chi connectivity index (χ1n) is 8.31. The van der Waals surface area contributed by atoms with Crippen LogP contribution in [0.4, 0.5) is 4.39 Å². The number of ether oxygens (including phenoxy) is 1. The van der Waals surface area contributed by atoms with Crippen LogP contribution in [0.5, 0.6) is 5.75 Å². The van der Waals surface area contributed by atoms with E-state index in [2.05, 4.69) is 10.3 Å². The molecule has 138 valence electrons. The van der Waals surface area contributed by atoms with Gasteiger partial charge in [0.25, 0.3) is 11.5 Å². The zero-order chi connectivity index (χ0) is 19.2. The van der Waals surface area contributed by atoms with Crippen LogP contribution in [0.3, 0.4) is 0 Å². The summed E-state index contributed by atoms with van der Waals surface area (Å²) in [6.45, 7) is 0.481. The second-order valence-corrected chi connectivity index (χ2v) is 5.80. The van der Waals surface area contributed by atoms with Crippen LogP contribution in [0.1, 0.15) is 10.4 Å². The molecule has 0 fully saturated rings. The molecule has 1 N–H and O–H groups in total. The van der Waals surface area contributed by atoms with Gasteiger partial charge in [-0.3, -0.25) is 14.2 Å². The predicted molar refractivity (Wildman–Crippen MR) is 99.2 cm³/mol. The number of benzene rings is 2. The fraction of sp³-hybridized carbons (Fsp3) is 0.150. The van der Waals surface area contributed by atoms with Crippen molar-refractivity contribution in [3.05, 3.63) is 82.7 Å². The Balaban J connectivity index is 1.62. The van der Waals surface area contributed by atoms with Crippen molar-refractivity contribution >= 4 is 5.91 Å². The van der Waals surface area contributed by atoms with Crippen molar-refractivity contribution in [3.63, 3.8) is 0 Å². The van der Waals surface area contributed by atoms with E-state index in [0.29, 0.717) is 5.69 Å². The van der Waals surface area contributed by atoms with E-state index in [4.69, 9.17) is 4.74 Å². The second kappa shape index (κ2) is 8.27. The molecule has 0 saturated carbocycles. The maximum atomic E-state index is 13.1. The van der Waals surface area contributed by atoms with Crippen molar-refractivity contribution in [2.75, 3.05) is 13.7 Å². The number of rotatable bonds is 6. The molecule has 0 radical (unpaired) electrons.